The number of pyridine rings is 1. The smallest absolute Gasteiger partial charge is 0.143 e. The van der Waals surface area contributed by atoms with Gasteiger partial charge in [0, 0.05) is 12.3 Å². The van der Waals surface area contributed by atoms with Crippen LogP contribution in [-0.2, 0) is 6.54 Å². The summed E-state index contributed by atoms with van der Waals surface area (Å²) in [7, 11) is 0. The van der Waals surface area contributed by atoms with E-state index >= 15 is 0 Å². The van der Waals surface area contributed by atoms with Crippen LogP contribution >= 0.6 is 0 Å². The summed E-state index contributed by atoms with van der Waals surface area (Å²) in [6.07, 6.45) is 9.67. The largest absolute Gasteiger partial charge is 0.351 e. The Morgan fingerprint density at radius 1 is 1.53 bits per heavy atom. The number of rotatable bonds is 3. The number of hydrogen-bond acceptors (Lipinski definition) is 3. The van der Waals surface area contributed by atoms with Crippen LogP contribution in [0.2, 0.25) is 0 Å². The number of hydrogen-bond donors (Lipinski definition) is 1. The molecule has 2 heterocycles. The molecular formula is C12H11FN4. The van der Waals surface area contributed by atoms with E-state index in [-0.39, 0.29) is 5.82 Å². The maximum atomic E-state index is 12.9. The Kier molecular flexibility index (Phi) is 3.06. The fourth-order valence-electron chi connectivity index (χ4n) is 1.45. The number of anilines is 2. The van der Waals surface area contributed by atoms with Crippen molar-refractivity contribution >= 4 is 11.4 Å². The lowest BCUT2D eigenvalue weighted by molar-refractivity contribution is 0.622. The Morgan fingerprint density at radius 3 is 3.06 bits per heavy atom. The first-order valence-corrected chi connectivity index (χ1v) is 5.04. The average molecular weight is 230 g/mol. The van der Waals surface area contributed by atoms with Gasteiger partial charge in [-0.1, -0.05) is 5.92 Å². The van der Waals surface area contributed by atoms with E-state index in [2.05, 4.69) is 21.3 Å². The second-order valence-corrected chi connectivity index (χ2v) is 3.55. The zero-order valence-corrected chi connectivity index (χ0v) is 9.31. The van der Waals surface area contributed by atoms with Crippen molar-refractivity contribution in [2.45, 2.75) is 13.5 Å². The quantitative estimate of drug-likeness (QED) is 0.821. The normalized spacial score (nSPS) is 9.94. The molecule has 2 aromatic heterocycles. The summed E-state index contributed by atoms with van der Waals surface area (Å²) in [5, 5.41) is 7.25. The Morgan fingerprint density at radius 2 is 2.35 bits per heavy atom. The number of nitrogens with zero attached hydrogens (tertiary/aromatic N) is 3. The van der Waals surface area contributed by atoms with Crippen molar-refractivity contribution in [1.29, 1.82) is 0 Å². The maximum absolute atomic E-state index is 12.9. The molecule has 0 saturated heterocycles. The highest BCUT2D eigenvalue weighted by atomic mass is 19.1. The van der Waals surface area contributed by atoms with Crippen molar-refractivity contribution in [1.82, 2.24) is 14.8 Å². The van der Waals surface area contributed by atoms with Gasteiger partial charge < -0.3 is 5.32 Å². The summed E-state index contributed by atoms with van der Waals surface area (Å²) < 4.78 is 14.6. The number of nitrogens with one attached hydrogen (secondary N) is 1. The summed E-state index contributed by atoms with van der Waals surface area (Å²) in [4.78, 5) is 3.76. The first-order valence-electron chi connectivity index (χ1n) is 5.04. The fraction of sp³-hybridized carbons (Fsp3) is 0.167. The number of halogens is 1. The summed E-state index contributed by atoms with van der Waals surface area (Å²) in [6, 6.07) is 1.37. The summed E-state index contributed by atoms with van der Waals surface area (Å²) >= 11 is 0. The van der Waals surface area contributed by atoms with E-state index in [1.54, 1.807) is 17.1 Å². The van der Waals surface area contributed by atoms with Gasteiger partial charge in [-0.05, 0) is 6.92 Å². The van der Waals surface area contributed by atoms with Crippen LogP contribution in [0.25, 0.3) is 0 Å². The van der Waals surface area contributed by atoms with Crippen LogP contribution in [0.1, 0.15) is 5.69 Å². The fourth-order valence-corrected chi connectivity index (χ4v) is 1.45. The minimum Gasteiger partial charge on any atom is -0.351 e. The molecule has 0 saturated carbocycles. The first kappa shape index (κ1) is 11.1. The monoisotopic (exact) mass is 230 g/mol. The van der Waals surface area contributed by atoms with Crippen LogP contribution in [0, 0.1) is 25.1 Å². The zero-order valence-electron chi connectivity index (χ0n) is 9.31. The van der Waals surface area contributed by atoms with Crippen LogP contribution in [0.5, 0.6) is 0 Å². The molecule has 2 rings (SSSR count). The minimum atomic E-state index is -0.385. The van der Waals surface area contributed by atoms with Crippen LogP contribution in [0.4, 0.5) is 15.8 Å². The van der Waals surface area contributed by atoms with Crippen LogP contribution < -0.4 is 5.32 Å². The lowest BCUT2D eigenvalue weighted by Gasteiger charge is -2.03. The van der Waals surface area contributed by atoms with Gasteiger partial charge in [-0.3, -0.25) is 9.67 Å². The Labute approximate surface area is 98.5 Å². The van der Waals surface area contributed by atoms with Gasteiger partial charge in [0.15, 0.2) is 0 Å². The van der Waals surface area contributed by atoms with Crippen molar-refractivity contribution in [3.8, 4) is 12.3 Å². The molecule has 4 nitrogen and oxygen atoms in total. The molecule has 0 fully saturated rings. The Hall–Kier alpha value is -2.35. The van der Waals surface area contributed by atoms with Crippen molar-refractivity contribution in [3.63, 3.8) is 0 Å². The molecule has 0 aromatic carbocycles. The average Bonchev–Trinajstić information content (AvgIpc) is 2.60. The van der Waals surface area contributed by atoms with E-state index in [1.807, 2.05) is 6.92 Å². The number of aryl methyl sites for hydroxylation is 1. The highest BCUT2D eigenvalue weighted by Crippen LogP contribution is 2.19. The molecule has 0 bridgehead atoms. The van der Waals surface area contributed by atoms with Crippen LogP contribution in [0.3, 0.4) is 0 Å². The van der Waals surface area contributed by atoms with Gasteiger partial charge in [-0.25, -0.2) is 4.39 Å². The first-order chi connectivity index (χ1) is 8.19. The number of terminal acetylenes is 1. The molecule has 1 N–H and O–H groups in total. The molecule has 0 aliphatic carbocycles. The molecule has 5 heteroatoms. The van der Waals surface area contributed by atoms with Gasteiger partial charge in [0.25, 0.3) is 0 Å². The lowest BCUT2D eigenvalue weighted by Crippen LogP contribution is -1.95. The highest BCUT2D eigenvalue weighted by molar-refractivity contribution is 5.59. The van der Waals surface area contributed by atoms with Gasteiger partial charge in [0.2, 0.25) is 0 Å². The van der Waals surface area contributed by atoms with Crippen LogP contribution in [-0.4, -0.2) is 14.8 Å². The number of aromatic nitrogens is 3. The van der Waals surface area contributed by atoms with E-state index in [4.69, 9.17) is 6.42 Å². The van der Waals surface area contributed by atoms with Gasteiger partial charge in [0.05, 0.1) is 29.5 Å². The van der Waals surface area contributed by atoms with E-state index in [9.17, 15) is 4.39 Å². The second-order valence-electron chi connectivity index (χ2n) is 3.55. The predicted molar refractivity (Wildman–Crippen MR) is 63.3 cm³/mol. The third-order valence-electron chi connectivity index (χ3n) is 2.18. The molecule has 0 aliphatic heterocycles. The Balaban J connectivity index is 2.21. The SMILES string of the molecule is C#CCn1cc(Nc2cncc(F)c2)c(C)n1. The second kappa shape index (κ2) is 4.66. The zero-order chi connectivity index (χ0) is 12.3. The van der Waals surface area contributed by atoms with Crippen molar-refractivity contribution in [3.05, 3.63) is 36.2 Å². The molecule has 2 aromatic rings. The molecule has 0 radical (unpaired) electrons. The van der Waals surface area contributed by atoms with Gasteiger partial charge in [-0.2, -0.15) is 5.10 Å². The third kappa shape index (κ3) is 2.61. The van der Waals surface area contributed by atoms with E-state index < -0.39 is 0 Å². The minimum absolute atomic E-state index is 0.385. The Bertz CT molecular complexity index is 568. The van der Waals surface area contributed by atoms with Gasteiger partial charge in [0.1, 0.15) is 12.4 Å². The highest BCUT2D eigenvalue weighted by Gasteiger charge is 2.05. The van der Waals surface area contributed by atoms with Crippen LogP contribution in [0.15, 0.2) is 24.7 Å². The molecular weight excluding hydrogens is 219 g/mol. The molecule has 0 unspecified atom stereocenters. The van der Waals surface area contributed by atoms with Crippen molar-refractivity contribution in [2.24, 2.45) is 0 Å². The third-order valence-corrected chi connectivity index (χ3v) is 2.18. The van der Waals surface area contributed by atoms with E-state index in [0.29, 0.717) is 12.2 Å². The molecule has 0 atom stereocenters. The molecule has 17 heavy (non-hydrogen) atoms. The molecule has 86 valence electrons. The van der Waals surface area contributed by atoms with E-state index in [0.717, 1.165) is 17.6 Å². The van der Waals surface area contributed by atoms with Gasteiger partial charge in [-0.15, -0.1) is 6.42 Å². The maximum Gasteiger partial charge on any atom is 0.143 e. The van der Waals surface area contributed by atoms with Crippen molar-refractivity contribution < 1.29 is 4.39 Å². The topological polar surface area (TPSA) is 42.7 Å². The summed E-state index contributed by atoms with van der Waals surface area (Å²) in [6.45, 7) is 2.26. The van der Waals surface area contributed by atoms with E-state index in [1.165, 1.54) is 6.07 Å². The van der Waals surface area contributed by atoms with Crippen molar-refractivity contribution in [2.75, 3.05) is 5.32 Å². The summed E-state index contributed by atoms with van der Waals surface area (Å²) in [5.74, 6) is 2.11. The standard InChI is InChI=1S/C12H11FN4/c1-3-4-17-8-12(9(2)16-17)15-11-5-10(13)6-14-7-11/h1,5-8,15H,4H2,2H3. The predicted octanol–water partition coefficient (Wildman–Crippen LogP) is 2.10. The summed E-state index contributed by atoms with van der Waals surface area (Å²) in [5.41, 5.74) is 2.16. The molecule has 0 spiro atoms. The van der Waals surface area contributed by atoms with Gasteiger partial charge >= 0.3 is 0 Å². The lowest BCUT2D eigenvalue weighted by atomic mass is 10.3. The molecule has 0 aliphatic rings. The molecule has 0 amide bonds.